The van der Waals surface area contributed by atoms with Gasteiger partial charge in [0.25, 0.3) is 0 Å². The van der Waals surface area contributed by atoms with Gasteiger partial charge in [-0.05, 0) is 12.1 Å². The molecule has 0 saturated heterocycles. The molecule has 0 spiro atoms. The number of nitrogens with two attached hydrogens (primary N) is 1. The van der Waals surface area contributed by atoms with Gasteiger partial charge in [0.1, 0.15) is 0 Å². The molecule has 0 aliphatic carbocycles. The van der Waals surface area contributed by atoms with Gasteiger partial charge < -0.3 is 10.8 Å². The number of anilines is 1. The zero-order valence-electron chi connectivity index (χ0n) is 12.5. The van der Waals surface area contributed by atoms with Crippen LogP contribution in [0.15, 0.2) is 36.9 Å². The number of H-pyrrole nitrogens is 1. The molecule has 9 heteroatoms. The van der Waals surface area contributed by atoms with Crippen molar-refractivity contribution < 1.29 is 5.11 Å². The maximum atomic E-state index is 9.03. The molecule has 0 unspecified atom stereocenters. The molecule has 0 amide bonds. The fraction of sp³-hybridized carbons (Fsp3) is 0.133. The van der Waals surface area contributed by atoms with Gasteiger partial charge in [-0.25, -0.2) is 4.68 Å². The van der Waals surface area contributed by atoms with Crippen LogP contribution in [0.4, 0.5) is 5.69 Å². The van der Waals surface area contributed by atoms with Crippen molar-refractivity contribution in [3.63, 3.8) is 0 Å². The van der Waals surface area contributed by atoms with Gasteiger partial charge in [0.2, 0.25) is 0 Å². The van der Waals surface area contributed by atoms with E-state index in [1.807, 2.05) is 16.8 Å². The van der Waals surface area contributed by atoms with Crippen molar-refractivity contribution in [1.82, 2.24) is 29.8 Å². The number of nitrogens with zero attached hydrogens (tertiary/aromatic N) is 5. The molecular formula is C15H14ClN7O. The molecule has 0 aliphatic heterocycles. The summed E-state index contributed by atoms with van der Waals surface area (Å²) in [4.78, 5) is 0. The molecule has 4 aromatic rings. The van der Waals surface area contributed by atoms with Gasteiger partial charge in [0, 0.05) is 39.6 Å². The highest BCUT2D eigenvalue weighted by Gasteiger charge is 2.17. The lowest BCUT2D eigenvalue weighted by Crippen LogP contribution is -2.02. The maximum absolute atomic E-state index is 9.03. The first-order chi connectivity index (χ1) is 11.7. The summed E-state index contributed by atoms with van der Waals surface area (Å²) < 4.78 is 3.45. The third kappa shape index (κ3) is 2.32. The van der Waals surface area contributed by atoms with Gasteiger partial charge in [-0.3, -0.25) is 9.67 Å². The second kappa shape index (κ2) is 5.66. The summed E-state index contributed by atoms with van der Waals surface area (Å²) >= 11 is 6.19. The molecule has 0 saturated carbocycles. The van der Waals surface area contributed by atoms with Crippen molar-refractivity contribution in [3.05, 3.63) is 41.9 Å². The smallest absolute Gasteiger partial charge is 0.179 e. The number of rotatable bonds is 4. The highest BCUT2D eigenvalue weighted by Crippen LogP contribution is 2.37. The normalized spacial score (nSPS) is 11.4. The SMILES string of the molecule is Nc1cc(Cl)cc2c1c(-c1cn[nH]c1)cn2-c1cn(CCO)nn1. The van der Waals surface area contributed by atoms with Crippen LogP contribution in [0.25, 0.3) is 27.8 Å². The van der Waals surface area contributed by atoms with E-state index < -0.39 is 0 Å². The Morgan fingerprint density at radius 1 is 1.29 bits per heavy atom. The van der Waals surface area contributed by atoms with Gasteiger partial charge in [0.05, 0.1) is 31.1 Å². The quantitative estimate of drug-likeness (QED) is 0.490. The zero-order chi connectivity index (χ0) is 16.7. The van der Waals surface area contributed by atoms with Crippen LogP contribution < -0.4 is 5.73 Å². The molecule has 0 bridgehead atoms. The maximum Gasteiger partial charge on any atom is 0.179 e. The van der Waals surface area contributed by atoms with Crippen LogP contribution in [0.3, 0.4) is 0 Å². The lowest BCUT2D eigenvalue weighted by molar-refractivity contribution is 0.268. The lowest BCUT2D eigenvalue weighted by atomic mass is 10.1. The van der Waals surface area contributed by atoms with Crippen molar-refractivity contribution >= 4 is 28.2 Å². The molecule has 122 valence electrons. The van der Waals surface area contributed by atoms with E-state index >= 15 is 0 Å². The van der Waals surface area contributed by atoms with E-state index in [2.05, 4.69) is 20.5 Å². The Morgan fingerprint density at radius 3 is 2.92 bits per heavy atom. The summed E-state index contributed by atoms with van der Waals surface area (Å²) in [6.45, 7) is 0.373. The zero-order valence-corrected chi connectivity index (χ0v) is 13.3. The van der Waals surface area contributed by atoms with E-state index in [4.69, 9.17) is 22.4 Å². The van der Waals surface area contributed by atoms with E-state index in [1.165, 1.54) is 0 Å². The van der Waals surface area contributed by atoms with Crippen molar-refractivity contribution in [2.45, 2.75) is 6.54 Å². The summed E-state index contributed by atoms with van der Waals surface area (Å²) in [7, 11) is 0. The van der Waals surface area contributed by atoms with Crippen LogP contribution >= 0.6 is 11.6 Å². The average Bonchev–Trinajstić information content (AvgIpc) is 3.25. The molecule has 8 nitrogen and oxygen atoms in total. The minimum Gasteiger partial charge on any atom is -0.398 e. The number of benzene rings is 1. The average molecular weight is 344 g/mol. The molecular weight excluding hydrogens is 330 g/mol. The Balaban J connectivity index is 1.98. The second-order valence-corrected chi connectivity index (χ2v) is 5.79. The number of aliphatic hydroxyl groups is 1. The van der Waals surface area contributed by atoms with Crippen molar-refractivity contribution in [3.8, 4) is 16.9 Å². The van der Waals surface area contributed by atoms with Gasteiger partial charge in [-0.2, -0.15) is 5.10 Å². The van der Waals surface area contributed by atoms with Crippen LogP contribution in [-0.4, -0.2) is 41.5 Å². The van der Waals surface area contributed by atoms with Crippen LogP contribution in [0.1, 0.15) is 0 Å². The number of aromatic nitrogens is 6. The first kappa shape index (κ1) is 14.7. The van der Waals surface area contributed by atoms with Gasteiger partial charge in [-0.15, -0.1) is 5.10 Å². The van der Waals surface area contributed by atoms with E-state index in [0.717, 1.165) is 22.0 Å². The van der Waals surface area contributed by atoms with Crippen molar-refractivity contribution in [2.24, 2.45) is 0 Å². The number of hydrogen-bond acceptors (Lipinski definition) is 5. The summed E-state index contributed by atoms with van der Waals surface area (Å²) in [5.74, 6) is 0.616. The fourth-order valence-electron chi connectivity index (χ4n) is 2.78. The highest BCUT2D eigenvalue weighted by molar-refractivity contribution is 6.32. The topological polar surface area (TPSA) is 111 Å². The number of nitrogens with one attached hydrogen (secondary N) is 1. The largest absolute Gasteiger partial charge is 0.398 e. The van der Waals surface area contributed by atoms with Gasteiger partial charge in [0.15, 0.2) is 5.82 Å². The minimum absolute atomic E-state index is 0.00568. The van der Waals surface area contributed by atoms with Crippen LogP contribution in [0.5, 0.6) is 0 Å². The number of fused-ring (bicyclic) bond motifs is 1. The Hall–Kier alpha value is -2.84. The molecule has 0 radical (unpaired) electrons. The lowest BCUT2D eigenvalue weighted by Gasteiger charge is -2.03. The summed E-state index contributed by atoms with van der Waals surface area (Å²) in [5.41, 5.74) is 9.44. The predicted molar refractivity (Wildman–Crippen MR) is 90.9 cm³/mol. The first-order valence-corrected chi connectivity index (χ1v) is 7.66. The predicted octanol–water partition coefficient (Wildman–Crippen LogP) is 1.84. The van der Waals surface area contributed by atoms with E-state index in [1.54, 1.807) is 29.3 Å². The second-order valence-electron chi connectivity index (χ2n) is 5.35. The monoisotopic (exact) mass is 343 g/mol. The number of hydrogen-bond donors (Lipinski definition) is 3. The summed E-state index contributed by atoms with van der Waals surface area (Å²) in [6, 6.07) is 3.56. The van der Waals surface area contributed by atoms with Crippen molar-refractivity contribution in [1.29, 1.82) is 0 Å². The molecule has 1 aromatic carbocycles. The third-order valence-electron chi connectivity index (χ3n) is 3.81. The first-order valence-electron chi connectivity index (χ1n) is 7.28. The number of halogens is 1. The number of nitrogen functional groups attached to an aromatic ring is 1. The molecule has 0 aliphatic rings. The summed E-state index contributed by atoms with van der Waals surface area (Å²) in [5, 5.41) is 25.4. The third-order valence-corrected chi connectivity index (χ3v) is 4.03. The Morgan fingerprint density at radius 2 is 2.17 bits per heavy atom. The molecule has 3 heterocycles. The minimum atomic E-state index is -0.00568. The molecule has 0 atom stereocenters. The highest BCUT2D eigenvalue weighted by atomic mass is 35.5. The Labute approximate surface area is 141 Å². The van der Waals surface area contributed by atoms with Crippen LogP contribution in [0, 0.1) is 0 Å². The number of aromatic amines is 1. The Kier molecular flexibility index (Phi) is 3.47. The Bertz CT molecular complexity index is 1000. The van der Waals surface area contributed by atoms with Crippen molar-refractivity contribution in [2.75, 3.05) is 12.3 Å². The fourth-order valence-corrected chi connectivity index (χ4v) is 3.00. The van der Waals surface area contributed by atoms with Gasteiger partial charge in [-0.1, -0.05) is 16.8 Å². The molecule has 4 rings (SSSR count). The molecule has 0 fully saturated rings. The van der Waals surface area contributed by atoms with E-state index in [0.29, 0.717) is 23.1 Å². The standard InChI is InChI=1S/C15H14ClN7O/c16-10-3-12(17)15-11(9-5-18-19-6-9)7-23(13(15)4-10)14-8-22(1-2-24)21-20-14/h3-8,24H,1-2,17H2,(H,18,19). The number of aliphatic hydroxyl groups excluding tert-OH is 1. The van der Waals surface area contributed by atoms with Crippen LogP contribution in [-0.2, 0) is 6.54 Å². The van der Waals surface area contributed by atoms with E-state index in [-0.39, 0.29) is 6.61 Å². The molecule has 4 N–H and O–H groups in total. The van der Waals surface area contributed by atoms with Gasteiger partial charge >= 0.3 is 0 Å². The van der Waals surface area contributed by atoms with Crippen LogP contribution in [0.2, 0.25) is 5.02 Å². The molecule has 3 aromatic heterocycles. The van der Waals surface area contributed by atoms with E-state index in [9.17, 15) is 0 Å². The summed E-state index contributed by atoms with van der Waals surface area (Å²) in [6.07, 6.45) is 7.22. The molecule has 24 heavy (non-hydrogen) atoms.